The summed E-state index contributed by atoms with van der Waals surface area (Å²) in [5.41, 5.74) is 0. The molecule has 0 aromatic heterocycles. The van der Waals surface area contributed by atoms with Crippen molar-refractivity contribution < 1.29 is 10.2 Å². The SMILES string of the molecule is O[C]1C=C(O)[C]=CC1. The molecule has 1 aliphatic rings. The van der Waals surface area contributed by atoms with Gasteiger partial charge in [0.05, 0.1) is 0 Å². The molecule has 2 nitrogen and oxygen atoms in total. The van der Waals surface area contributed by atoms with Crippen LogP contribution in [0.2, 0.25) is 0 Å². The van der Waals surface area contributed by atoms with Crippen LogP contribution in [0.5, 0.6) is 0 Å². The van der Waals surface area contributed by atoms with Gasteiger partial charge in [-0.25, -0.2) is 0 Å². The van der Waals surface area contributed by atoms with Gasteiger partial charge in [-0.05, 0) is 6.08 Å². The topological polar surface area (TPSA) is 40.5 Å². The van der Waals surface area contributed by atoms with Gasteiger partial charge in [-0.15, -0.1) is 0 Å². The van der Waals surface area contributed by atoms with Crippen molar-refractivity contribution in [3.05, 3.63) is 30.1 Å². The molecular formula is C6H6O2. The van der Waals surface area contributed by atoms with Crippen molar-refractivity contribution in [2.24, 2.45) is 0 Å². The molecule has 0 saturated heterocycles. The first-order chi connectivity index (χ1) is 3.79. The van der Waals surface area contributed by atoms with Gasteiger partial charge in [0.25, 0.3) is 0 Å². The van der Waals surface area contributed by atoms with E-state index in [2.05, 4.69) is 6.08 Å². The Kier molecular flexibility index (Phi) is 1.35. The Bertz CT molecular complexity index is 135. The summed E-state index contributed by atoms with van der Waals surface area (Å²) in [6.45, 7) is 0. The Labute approximate surface area is 47.8 Å². The molecule has 2 radical (unpaired) electrons. The first kappa shape index (κ1) is 5.38. The summed E-state index contributed by atoms with van der Waals surface area (Å²) in [6.07, 6.45) is 6.03. The lowest BCUT2D eigenvalue weighted by atomic mass is 10.1. The van der Waals surface area contributed by atoms with Crippen LogP contribution in [0.25, 0.3) is 0 Å². The zero-order chi connectivity index (χ0) is 5.98. The van der Waals surface area contributed by atoms with E-state index in [9.17, 15) is 0 Å². The minimum atomic E-state index is -0.00579. The van der Waals surface area contributed by atoms with Gasteiger partial charge in [0.2, 0.25) is 0 Å². The normalized spacial score (nSPS) is 20.9. The second kappa shape index (κ2) is 2.01. The number of aliphatic hydroxyl groups is 2. The molecule has 0 spiro atoms. The number of aliphatic hydroxyl groups excluding tert-OH is 2. The van der Waals surface area contributed by atoms with E-state index < -0.39 is 0 Å². The second-order valence-electron chi connectivity index (χ2n) is 1.57. The highest BCUT2D eigenvalue weighted by atomic mass is 16.3. The van der Waals surface area contributed by atoms with Crippen molar-refractivity contribution in [1.82, 2.24) is 0 Å². The van der Waals surface area contributed by atoms with Crippen molar-refractivity contribution in [3.63, 3.8) is 0 Å². The van der Waals surface area contributed by atoms with E-state index in [4.69, 9.17) is 10.2 Å². The van der Waals surface area contributed by atoms with Crippen LogP contribution in [0.1, 0.15) is 6.42 Å². The van der Waals surface area contributed by atoms with E-state index in [-0.39, 0.29) is 11.9 Å². The third-order valence-corrected chi connectivity index (χ3v) is 0.864. The summed E-state index contributed by atoms with van der Waals surface area (Å²) in [6, 6.07) is 0. The van der Waals surface area contributed by atoms with Crippen LogP contribution in [-0.4, -0.2) is 10.2 Å². The zero-order valence-electron chi connectivity index (χ0n) is 4.26. The summed E-state index contributed by atoms with van der Waals surface area (Å²) in [4.78, 5) is 0. The van der Waals surface area contributed by atoms with Gasteiger partial charge in [0, 0.05) is 12.5 Å². The quantitative estimate of drug-likeness (QED) is 0.490. The second-order valence-corrected chi connectivity index (χ2v) is 1.57. The lowest BCUT2D eigenvalue weighted by Gasteiger charge is -2.03. The fourth-order valence-electron chi connectivity index (χ4n) is 0.519. The minimum absolute atomic E-state index is 0.00579. The van der Waals surface area contributed by atoms with Crippen LogP contribution >= 0.6 is 0 Å². The summed E-state index contributed by atoms with van der Waals surface area (Å²) in [7, 11) is 0. The maximum absolute atomic E-state index is 8.69. The predicted molar refractivity (Wildman–Crippen MR) is 28.3 cm³/mol. The van der Waals surface area contributed by atoms with Gasteiger partial charge in [-0.2, -0.15) is 0 Å². The average Bonchev–Trinajstić information content (AvgIpc) is 1.64. The maximum Gasteiger partial charge on any atom is 0.123 e. The van der Waals surface area contributed by atoms with Crippen LogP contribution < -0.4 is 0 Å². The van der Waals surface area contributed by atoms with E-state index in [0.717, 1.165) is 0 Å². The molecule has 1 aliphatic carbocycles. The standard InChI is InChI=1S/C6H6O2/c7-5-2-1-3-6(8)4-5/h1,4,7-8H,2H2. The Morgan fingerprint density at radius 3 is 2.62 bits per heavy atom. The van der Waals surface area contributed by atoms with Gasteiger partial charge >= 0.3 is 0 Å². The molecule has 8 heavy (non-hydrogen) atoms. The van der Waals surface area contributed by atoms with Crippen LogP contribution in [0.15, 0.2) is 17.9 Å². The van der Waals surface area contributed by atoms with Gasteiger partial charge < -0.3 is 10.2 Å². The minimum Gasteiger partial charge on any atom is -0.508 e. The molecule has 1 rings (SSSR count). The highest BCUT2D eigenvalue weighted by Crippen LogP contribution is 2.11. The van der Waals surface area contributed by atoms with Gasteiger partial charge in [0.1, 0.15) is 11.9 Å². The Balaban J connectivity index is 2.63. The molecule has 42 valence electrons. The van der Waals surface area contributed by atoms with Crippen molar-refractivity contribution >= 4 is 0 Å². The molecular weight excluding hydrogens is 104 g/mol. The fraction of sp³-hybridized carbons (Fsp3) is 0.167. The lowest BCUT2D eigenvalue weighted by molar-refractivity contribution is 0.318. The Morgan fingerprint density at radius 2 is 2.25 bits per heavy atom. The molecule has 0 heterocycles. The van der Waals surface area contributed by atoms with Crippen LogP contribution in [0.3, 0.4) is 0 Å². The maximum atomic E-state index is 8.69. The van der Waals surface area contributed by atoms with E-state index in [0.29, 0.717) is 6.42 Å². The first-order valence-corrected chi connectivity index (χ1v) is 2.33. The zero-order valence-corrected chi connectivity index (χ0v) is 4.26. The first-order valence-electron chi connectivity index (χ1n) is 2.33. The van der Waals surface area contributed by atoms with Crippen LogP contribution in [0.4, 0.5) is 0 Å². The van der Waals surface area contributed by atoms with Crippen molar-refractivity contribution in [2.75, 3.05) is 0 Å². The fourth-order valence-corrected chi connectivity index (χ4v) is 0.519. The number of rotatable bonds is 0. The van der Waals surface area contributed by atoms with E-state index >= 15 is 0 Å². The molecule has 0 bridgehead atoms. The number of hydrogen-bond acceptors (Lipinski definition) is 2. The summed E-state index contributed by atoms with van der Waals surface area (Å²) in [5, 5.41) is 17.3. The molecule has 0 aliphatic heterocycles. The molecule has 0 fully saturated rings. The van der Waals surface area contributed by atoms with Crippen LogP contribution in [-0.2, 0) is 0 Å². The summed E-state index contributed by atoms with van der Waals surface area (Å²) < 4.78 is 0. The van der Waals surface area contributed by atoms with Gasteiger partial charge in [-0.3, -0.25) is 0 Å². The number of allylic oxidation sites excluding steroid dienone is 1. The summed E-state index contributed by atoms with van der Waals surface area (Å²) >= 11 is 0. The van der Waals surface area contributed by atoms with E-state index in [1.807, 2.05) is 0 Å². The molecule has 0 aromatic carbocycles. The van der Waals surface area contributed by atoms with Gasteiger partial charge in [-0.1, -0.05) is 6.08 Å². The lowest BCUT2D eigenvalue weighted by Crippen LogP contribution is -1.95. The smallest absolute Gasteiger partial charge is 0.123 e. The van der Waals surface area contributed by atoms with E-state index in [1.165, 1.54) is 6.08 Å². The molecule has 0 aromatic rings. The number of hydrogen-bond donors (Lipinski definition) is 2. The average molecular weight is 110 g/mol. The van der Waals surface area contributed by atoms with Gasteiger partial charge in [0.15, 0.2) is 0 Å². The Hall–Kier alpha value is -0.760. The molecule has 2 N–H and O–H groups in total. The highest BCUT2D eigenvalue weighted by Gasteiger charge is 2.03. The molecule has 2 heteroatoms. The highest BCUT2D eigenvalue weighted by molar-refractivity contribution is 5.19. The molecule has 0 saturated carbocycles. The third kappa shape index (κ3) is 1.10. The monoisotopic (exact) mass is 110 g/mol. The summed E-state index contributed by atoms with van der Waals surface area (Å²) in [5.74, 6) is -0.00579. The Morgan fingerprint density at radius 1 is 1.50 bits per heavy atom. The third-order valence-electron chi connectivity index (χ3n) is 0.864. The van der Waals surface area contributed by atoms with E-state index in [1.54, 1.807) is 6.08 Å². The van der Waals surface area contributed by atoms with Crippen molar-refractivity contribution in [1.29, 1.82) is 0 Å². The van der Waals surface area contributed by atoms with Crippen molar-refractivity contribution in [2.45, 2.75) is 6.42 Å². The van der Waals surface area contributed by atoms with Crippen LogP contribution in [0, 0.1) is 12.2 Å². The molecule has 0 amide bonds. The predicted octanol–water partition coefficient (Wildman–Crippen LogP) is 1.10. The molecule has 0 atom stereocenters. The molecule has 0 unspecified atom stereocenters. The van der Waals surface area contributed by atoms with Crippen molar-refractivity contribution in [3.8, 4) is 0 Å². The largest absolute Gasteiger partial charge is 0.508 e.